The summed E-state index contributed by atoms with van der Waals surface area (Å²) in [5, 5.41) is 5.45. The zero-order chi connectivity index (χ0) is 22.4. The van der Waals surface area contributed by atoms with Gasteiger partial charge in [0.25, 0.3) is 0 Å². The van der Waals surface area contributed by atoms with Crippen molar-refractivity contribution in [3.63, 3.8) is 0 Å². The Morgan fingerprint density at radius 1 is 1.00 bits per heavy atom. The first-order chi connectivity index (χ1) is 14.8. The fraction of sp³-hybridized carbons (Fsp3) is 0.625. The van der Waals surface area contributed by atoms with Gasteiger partial charge in [-0.2, -0.15) is 0 Å². The molecule has 0 radical (unpaired) electrons. The lowest BCUT2D eigenvalue weighted by atomic mass is 9.85. The number of benzene rings is 1. The van der Waals surface area contributed by atoms with E-state index in [-0.39, 0.29) is 5.97 Å². The molecule has 1 heterocycles. The lowest BCUT2D eigenvalue weighted by molar-refractivity contribution is -0.146. The van der Waals surface area contributed by atoms with Crippen LogP contribution in [0.15, 0.2) is 24.3 Å². The van der Waals surface area contributed by atoms with E-state index < -0.39 is 17.2 Å². The van der Waals surface area contributed by atoms with Crippen molar-refractivity contribution in [2.75, 3.05) is 25.5 Å². The number of nitrogens with one attached hydrogen (secondary N) is 2. The largest absolute Gasteiger partial charge is 0.468 e. The van der Waals surface area contributed by atoms with Crippen LogP contribution in [0.1, 0.15) is 64.4 Å². The molecular formula is C24H35N3O4. The molecule has 7 heteroatoms. The Labute approximate surface area is 184 Å². The molecule has 170 valence electrons. The predicted molar refractivity (Wildman–Crippen MR) is 120 cm³/mol. The molecule has 1 aromatic carbocycles. The van der Waals surface area contributed by atoms with Crippen molar-refractivity contribution in [3.8, 4) is 0 Å². The SMILES string of the molecule is COC(=O)C(C)(C)c1ccc(NC(=O)C(=O)NCC2CCCN2C2CCCCC2)cc1. The van der Waals surface area contributed by atoms with Crippen LogP contribution in [-0.2, 0) is 24.5 Å². The third kappa shape index (κ3) is 5.64. The van der Waals surface area contributed by atoms with Crippen LogP contribution in [0.4, 0.5) is 5.69 Å². The van der Waals surface area contributed by atoms with Crippen LogP contribution in [0, 0.1) is 0 Å². The van der Waals surface area contributed by atoms with Crippen molar-refractivity contribution in [2.24, 2.45) is 0 Å². The number of hydrogen-bond acceptors (Lipinski definition) is 5. The lowest BCUT2D eigenvalue weighted by Crippen LogP contribution is -2.47. The molecule has 2 N–H and O–H groups in total. The Morgan fingerprint density at radius 3 is 2.32 bits per heavy atom. The molecule has 1 atom stereocenters. The minimum Gasteiger partial charge on any atom is -0.468 e. The molecule has 1 saturated heterocycles. The smallest absolute Gasteiger partial charge is 0.315 e. The fourth-order valence-corrected chi connectivity index (χ4v) is 4.79. The summed E-state index contributed by atoms with van der Waals surface area (Å²) in [6, 6.07) is 7.83. The molecule has 1 aliphatic carbocycles. The van der Waals surface area contributed by atoms with Gasteiger partial charge in [0.2, 0.25) is 0 Å². The first-order valence-corrected chi connectivity index (χ1v) is 11.4. The summed E-state index contributed by atoms with van der Waals surface area (Å²) < 4.78 is 4.85. The van der Waals surface area contributed by atoms with Gasteiger partial charge in [0.1, 0.15) is 0 Å². The maximum atomic E-state index is 12.3. The molecule has 1 aromatic rings. The molecule has 1 saturated carbocycles. The van der Waals surface area contributed by atoms with E-state index in [0.717, 1.165) is 24.9 Å². The van der Waals surface area contributed by atoms with Gasteiger partial charge < -0.3 is 15.4 Å². The van der Waals surface area contributed by atoms with Gasteiger partial charge in [0.15, 0.2) is 0 Å². The molecule has 2 amide bonds. The van der Waals surface area contributed by atoms with Crippen LogP contribution in [0.3, 0.4) is 0 Å². The van der Waals surface area contributed by atoms with Crippen LogP contribution in [0.25, 0.3) is 0 Å². The molecule has 0 spiro atoms. The van der Waals surface area contributed by atoms with E-state index in [4.69, 9.17) is 4.74 Å². The standard InChI is InChI=1S/C24H35N3O4/c1-24(2,23(30)31-3)17-11-13-18(14-12-17)26-22(29)21(28)25-16-20-10-7-15-27(20)19-8-5-4-6-9-19/h11-14,19-20H,4-10,15-16H2,1-3H3,(H,25,28)(H,26,29). The second-order valence-corrected chi connectivity index (χ2v) is 9.18. The van der Waals surface area contributed by atoms with Crippen molar-refractivity contribution >= 4 is 23.5 Å². The third-order valence-corrected chi connectivity index (χ3v) is 6.73. The van der Waals surface area contributed by atoms with Gasteiger partial charge in [-0.05, 0) is 63.8 Å². The summed E-state index contributed by atoms with van der Waals surface area (Å²) in [5.41, 5.74) is 0.486. The van der Waals surface area contributed by atoms with E-state index in [1.807, 2.05) is 0 Å². The van der Waals surface area contributed by atoms with E-state index in [1.165, 1.54) is 39.2 Å². The van der Waals surface area contributed by atoms with E-state index in [2.05, 4.69) is 15.5 Å². The first-order valence-electron chi connectivity index (χ1n) is 11.4. The molecule has 31 heavy (non-hydrogen) atoms. The molecule has 1 aliphatic heterocycles. The monoisotopic (exact) mass is 429 g/mol. The minimum absolute atomic E-state index is 0.319. The number of methoxy groups -OCH3 is 1. The van der Waals surface area contributed by atoms with Gasteiger partial charge in [-0.1, -0.05) is 31.4 Å². The number of rotatable bonds is 6. The first kappa shape index (κ1) is 23.3. The van der Waals surface area contributed by atoms with Crippen LogP contribution in [0.2, 0.25) is 0 Å². The molecule has 0 bridgehead atoms. The van der Waals surface area contributed by atoms with Crippen LogP contribution in [-0.4, -0.2) is 55.0 Å². The topological polar surface area (TPSA) is 87.7 Å². The van der Waals surface area contributed by atoms with Crippen molar-refractivity contribution in [1.29, 1.82) is 0 Å². The Hall–Kier alpha value is -2.41. The number of hydrogen-bond donors (Lipinski definition) is 2. The van der Waals surface area contributed by atoms with Gasteiger partial charge in [-0.3, -0.25) is 19.3 Å². The zero-order valence-corrected chi connectivity index (χ0v) is 18.9. The van der Waals surface area contributed by atoms with E-state index in [9.17, 15) is 14.4 Å². The van der Waals surface area contributed by atoms with Crippen molar-refractivity contribution in [3.05, 3.63) is 29.8 Å². The quantitative estimate of drug-likeness (QED) is 0.536. The maximum Gasteiger partial charge on any atom is 0.315 e. The third-order valence-electron chi connectivity index (χ3n) is 6.73. The number of carbonyl (C=O) groups is 3. The number of anilines is 1. The second-order valence-electron chi connectivity index (χ2n) is 9.18. The van der Waals surface area contributed by atoms with Gasteiger partial charge >= 0.3 is 17.8 Å². The van der Waals surface area contributed by atoms with Gasteiger partial charge in [-0.25, -0.2) is 0 Å². The second kappa shape index (κ2) is 10.3. The molecule has 7 nitrogen and oxygen atoms in total. The molecular weight excluding hydrogens is 394 g/mol. The van der Waals surface area contributed by atoms with Crippen molar-refractivity contribution in [2.45, 2.75) is 76.3 Å². The van der Waals surface area contributed by atoms with E-state index >= 15 is 0 Å². The Balaban J connectivity index is 1.50. The average Bonchev–Trinajstić information content (AvgIpc) is 3.26. The molecule has 0 aromatic heterocycles. The van der Waals surface area contributed by atoms with Crippen LogP contribution in [0.5, 0.6) is 0 Å². The summed E-state index contributed by atoms with van der Waals surface area (Å²) in [6.07, 6.45) is 8.61. The molecule has 2 fully saturated rings. The van der Waals surface area contributed by atoms with Crippen molar-refractivity contribution < 1.29 is 19.1 Å². The molecule has 3 rings (SSSR count). The average molecular weight is 430 g/mol. The predicted octanol–water partition coefficient (Wildman–Crippen LogP) is 2.99. The Bertz CT molecular complexity index is 785. The number of carbonyl (C=O) groups excluding carboxylic acids is 3. The highest BCUT2D eigenvalue weighted by Crippen LogP contribution is 2.29. The highest BCUT2D eigenvalue weighted by molar-refractivity contribution is 6.39. The minimum atomic E-state index is -0.792. The van der Waals surface area contributed by atoms with Gasteiger partial charge in [-0.15, -0.1) is 0 Å². The maximum absolute atomic E-state index is 12.3. The highest BCUT2D eigenvalue weighted by Gasteiger charge is 2.32. The van der Waals surface area contributed by atoms with Crippen LogP contribution < -0.4 is 10.6 Å². The van der Waals surface area contributed by atoms with E-state index in [0.29, 0.717) is 24.3 Å². The lowest BCUT2D eigenvalue weighted by Gasteiger charge is -2.35. The summed E-state index contributed by atoms with van der Waals surface area (Å²) in [4.78, 5) is 39.1. The Kier molecular flexibility index (Phi) is 7.70. The van der Waals surface area contributed by atoms with Gasteiger partial charge in [0, 0.05) is 24.3 Å². The summed E-state index contributed by atoms with van der Waals surface area (Å²) in [5.74, 6) is -1.63. The summed E-state index contributed by atoms with van der Waals surface area (Å²) in [7, 11) is 1.36. The van der Waals surface area contributed by atoms with Gasteiger partial charge in [0.05, 0.1) is 12.5 Å². The normalized spacial score (nSPS) is 20.3. The number of likely N-dealkylation sites (tertiary alicyclic amines) is 1. The summed E-state index contributed by atoms with van der Waals surface area (Å²) in [6.45, 7) is 5.15. The number of nitrogens with zero attached hydrogens (tertiary/aromatic N) is 1. The number of amides is 2. The number of ether oxygens (including phenoxy) is 1. The Morgan fingerprint density at radius 2 is 1.68 bits per heavy atom. The molecule has 1 unspecified atom stereocenters. The number of esters is 1. The van der Waals surface area contributed by atoms with E-state index in [1.54, 1.807) is 38.1 Å². The highest BCUT2D eigenvalue weighted by atomic mass is 16.5. The zero-order valence-electron chi connectivity index (χ0n) is 18.9. The van der Waals surface area contributed by atoms with Crippen LogP contribution >= 0.6 is 0 Å². The summed E-state index contributed by atoms with van der Waals surface area (Å²) >= 11 is 0. The van der Waals surface area contributed by atoms with Crippen molar-refractivity contribution in [1.82, 2.24) is 10.2 Å². The molecule has 2 aliphatic rings. The fourth-order valence-electron chi connectivity index (χ4n) is 4.79.